The lowest BCUT2D eigenvalue weighted by atomic mass is 10.1. The van der Waals surface area contributed by atoms with Crippen molar-refractivity contribution < 1.29 is 13.2 Å². The first-order chi connectivity index (χ1) is 8.88. The summed E-state index contributed by atoms with van der Waals surface area (Å²) in [6, 6.07) is 4.02. The minimum Gasteiger partial charge on any atom is -0.325 e. The van der Waals surface area contributed by atoms with Crippen LogP contribution in [-0.4, -0.2) is 14.3 Å². The Hall–Kier alpha value is -1.11. The number of hydrogen-bond donors (Lipinski definition) is 2. The van der Waals surface area contributed by atoms with E-state index in [0.717, 1.165) is 25.7 Å². The molecule has 1 aliphatic carbocycles. The zero-order valence-electron chi connectivity index (χ0n) is 10.2. The van der Waals surface area contributed by atoms with Gasteiger partial charge in [0.2, 0.25) is 15.9 Å². The van der Waals surface area contributed by atoms with Crippen LogP contribution in [0.4, 0.5) is 5.69 Å². The topological polar surface area (TPSA) is 89.3 Å². The number of primary sulfonamides is 1. The molecule has 2 rings (SSSR count). The molecule has 3 N–H and O–H groups in total. The van der Waals surface area contributed by atoms with Gasteiger partial charge in [0, 0.05) is 5.92 Å². The number of anilines is 1. The van der Waals surface area contributed by atoms with Crippen LogP contribution in [0, 0.1) is 5.92 Å². The molecule has 1 saturated carbocycles. The number of hydrogen-bond acceptors (Lipinski definition) is 3. The molecule has 0 atom stereocenters. The van der Waals surface area contributed by atoms with Crippen LogP contribution in [0.5, 0.6) is 0 Å². The summed E-state index contributed by atoms with van der Waals surface area (Å²) in [5, 5.41) is 7.89. The molecule has 0 bridgehead atoms. The van der Waals surface area contributed by atoms with Crippen LogP contribution < -0.4 is 10.5 Å². The first kappa shape index (κ1) is 14.3. The molecule has 0 unspecified atom stereocenters. The van der Waals surface area contributed by atoms with E-state index in [1.807, 2.05) is 0 Å². The lowest BCUT2D eigenvalue weighted by Gasteiger charge is -2.12. The number of carbonyl (C=O) groups is 1. The number of benzene rings is 1. The fourth-order valence-corrected chi connectivity index (χ4v) is 3.03. The second-order valence-corrected chi connectivity index (χ2v) is 6.63. The maximum Gasteiger partial charge on any atom is 0.238 e. The van der Waals surface area contributed by atoms with E-state index in [0.29, 0.717) is 5.69 Å². The number of carbonyl (C=O) groups excluding carboxylic acids is 1. The molecule has 0 radical (unpaired) electrons. The SMILES string of the molecule is NS(=O)(=O)c1ccc(NC(=O)C2CCCC2)c(Cl)c1. The highest BCUT2D eigenvalue weighted by Gasteiger charge is 2.23. The molecule has 1 aliphatic rings. The fraction of sp³-hybridized carbons (Fsp3) is 0.417. The summed E-state index contributed by atoms with van der Waals surface area (Å²) in [5.74, 6) is -0.0447. The van der Waals surface area contributed by atoms with Gasteiger partial charge in [0.15, 0.2) is 0 Å². The summed E-state index contributed by atoms with van der Waals surface area (Å²) >= 11 is 5.95. The van der Waals surface area contributed by atoms with Gasteiger partial charge in [0.1, 0.15) is 0 Å². The number of rotatable bonds is 3. The van der Waals surface area contributed by atoms with E-state index in [2.05, 4.69) is 5.32 Å². The van der Waals surface area contributed by atoms with E-state index in [1.165, 1.54) is 18.2 Å². The highest BCUT2D eigenvalue weighted by molar-refractivity contribution is 7.89. The van der Waals surface area contributed by atoms with Gasteiger partial charge in [-0.3, -0.25) is 4.79 Å². The predicted molar refractivity (Wildman–Crippen MR) is 73.4 cm³/mol. The third-order valence-corrected chi connectivity index (χ3v) is 4.48. The largest absolute Gasteiger partial charge is 0.325 e. The van der Waals surface area contributed by atoms with Crippen molar-refractivity contribution in [2.45, 2.75) is 30.6 Å². The predicted octanol–water partition coefficient (Wildman–Crippen LogP) is 2.12. The highest BCUT2D eigenvalue weighted by atomic mass is 35.5. The number of sulfonamides is 1. The van der Waals surface area contributed by atoms with E-state index < -0.39 is 10.0 Å². The Labute approximate surface area is 117 Å². The summed E-state index contributed by atoms with van der Waals surface area (Å²) in [7, 11) is -3.78. The Balaban J connectivity index is 2.15. The molecule has 104 valence electrons. The minimum atomic E-state index is -3.78. The van der Waals surface area contributed by atoms with Crippen LogP contribution in [0.15, 0.2) is 23.1 Å². The third kappa shape index (κ3) is 3.46. The molecule has 7 heteroatoms. The van der Waals surface area contributed by atoms with Gasteiger partial charge in [0.25, 0.3) is 0 Å². The van der Waals surface area contributed by atoms with Gasteiger partial charge >= 0.3 is 0 Å². The summed E-state index contributed by atoms with van der Waals surface area (Å²) < 4.78 is 22.3. The van der Waals surface area contributed by atoms with Gasteiger partial charge < -0.3 is 5.32 Å². The van der Waals surface area contributed by atoms with Crippen molar-refractivity contribution in [1.82, 2.24) is 0 Å². The maximum atomic E-state index is 11.9. The second kappa shape index (κ2) is 5.48. The van der Waals surface area contributed by atoms with Crippen LogP contribution in [0.1, 0.15) is 25.7 Å². The molecule has 5 nitrogen and oxygen atoms in total. The summed E-state index contributed by atoms with van der Waals surface area (Å²) in [4.78, 5) is 11.9. The molecule has 0 spiro atoms. The Morgan fingerprint density at radius 3 is 2.47 bits per heavy atom. The van der Waals surface area contributed by atoms with Crippen LogP contribution in [-0.2, 0) is 14.8 Å². The van der Waals surface area contributed by atoms with Crippen molar-refractivity contribution in [3.63, 3.8) is 0 Å². The average molecular weight is 303 g/mol. The maximum absolute atomic E-state index is 11.9. The van der Waals surface area contributed by atoms with Crippen LogP contribution in [0.3, 0.4) is 0 Å². The van der Waals surface area contributed by atoms with Crippen molar-refractivity contribution in [2.24, 2.45) is 11.1 Å². The number of halogens is 1. The molecule has 0 saturated heterocycles. The minimum absolute atomic E-state index is 0.0222. The number of nitrogens with one attached hydrogen (secondary N) is 1. The molecule has 1 amide bonds. The summed E-state index contributed by atoms with van der Waals surface area (Å²) in [5.41, 5.74) is 0.408. The molecular weight excluding hydrogens is 288 g/mol. The van der Waals surface area contributed by atoms with Crippen LogP contribution >= 0.6 is 11.6 Å². The standard InChI is InChI=1S/C12H15ClN2O3S/c13-10-7-9(19(14,17)18)5-6-11(10)15-12(16)8-3-1-2-4-8/h5-8H,1-4H2,(H,15,16)(H2,14,17,18). The molecule has 0 aliphatic heterocycles. The molecule has 19 heavy (non-hydrogen) atoms. The highest BCUT2D eigenvalue weighted by Crippen LogP contribution is 2.29. The van der Waals surface area contributed by atoms with E-state index in [9.17, 15) is 13.2 Å². The molecule has 1 aromatic carbocycles. The Kier molecular flexibility index (Phi) is 4.13. The van der Waals surface area contributed by atoms with Crippen molar-refractivity contribution in [3.8, 4) is 0 Å². The zero-order chi connectivity index (χ0) is 14.0. The van der Waals surface area contributed by atoms with Crippen LogP contribution in [0.25, 0.3) is 0 Å². The van der Waals surface area contributed by atoms with Gasteiger partial charge in [-0.2, -0.15) is 0 Å². The molecule has 0 heterocycles. The number of nitrogens with two attached hydrogens (primary N) is 1. The number of amides is 1. The van der Waals surface area contributed by atoms with E-state index in [1.54, 1.807) is 0 Å². The van der Waals surface area contributed by atoms with Crippen LogP contribution in [0.2, 0.25) is 5.02 Å². The summed E-state index contributed by atoms with van der Waals surface area (Å²) in [6.07, 6.45) is 3.91. The third-order valence-electron chi connectivity index (χ3n) is 3.25. The van der Waals surface area contributed by atoms with Crippen molar-refractivity contribution in [3.05, 3.63) is 23.2 Å². The first-order valence-corrected chi connectivity index (χ1v) is 7.93. The van der Waals surface area contributed by atoms with Gasteiger partial charge in [-0.25, -0.2) is 13.6 Å². The van der Waals surface area contributed by atoms with Gasteiger partial charge in [-0.05, 0) is 31.0 Å². The van der Waals surface area contributed by atoms with Crippen molar-refractivity contribution in [1.29, 1.82) is 0 Å². The molecule has 1 aromatic rings. The quantitative estimate of drug-likeness (QED) is 0.896. The Bertz CT molecular complexity index is 595. The molecule has 0 aromatic heterocycles. The molecule has 1 fully saturated rings. The smallest absolute Gasteiger partial charge is 0.238 e. The van der Waals surface area contributed by atoms with E-state index in [-0.39, 0.29) is 21.7 Å². The fourth-order valence-electron chi connectivity index (χ4n) is 2.20. The Morgan fingerprint density at radius 2 is 1.95 bits per heavy atom. The lowest BCUT2D eigenvalue weighted by Crippen LogP contribution is -2.20. The van der Waals surface area contributed by atoms with E-state index >= 15 is 0 Å². The van der Waals surface area contributed by atoms with Crippen molar-refractivity contribution >= 4 is 33.2 Å². The van der Waals surface area contributed by atoms with Crippen molar-refractivity contribution in [2.75, 3.05) is 5.32 Å². The summed E-state index contributed by atoms with van der Waals surface area (Å²) in [6.45, 7) is 0. The average Bonchev–Trinajstić information content (AvgIpc) is 2.84. The zero-order valence-corrected chi connectivity index (χ0v) is 11.8. The first-order valence-electron chi connectivity index (χ1n) is 6.01. The Morgan fingerprint density at radius 1 is 1.32 bits per heavy atom. The second-order valence-electron chi connectivity index (χ2n) is 4.66. The van der Waals surface area contributed by atoms with Gasteiger partial charge in [-0.15, -0.1) is 0 Å². The molecular formula is C12H15ClN2O3S. The van der Waals surface area contributed by atoms with E-state index in [4.69, 9.17) is 16.7 Å². The van der Waals surface area contributed by atoms with Gasteiger partial charge in [-0.1, -0.05) is 24.4 Å². The lowest BCUT2D eigenvalue weighted by molar-refractivity contribution is -0.119. The monoisotopic (exact) mass is 302 g/mol. The normalized spacial score (nSPS) is 16.5. The van der Waals surface area contributed by atoms with Gasteiger partial charge in [0.05, 0.1) is 15.6 Å².